The van der Waals surface area contributed by atoms with Gasteiger partial charge in [0.25, 0.3) is 0 Å². The summed E-state index contributed by atoms with van der Waals surface area (Å²) in [7, 11) is 2.06. The summed E-state index contributed by atoms with van der Waals surface area (Å²) in [5, 5.41) is 1.15. The number of pyridine rings is 1. The molecule has 130 valence electrons. The van der Waals surface area contributed by atoms with Crippen molar-refractivity contribution in [1.29, 1.82) is 0 Å². The molecule has 0 saturated heterocycles. The number of benzene rings is 2. The van der Waals surface area contributed by atoms with E-state index in [0.717, 1.165) is 28.2 Å². The monoisotopic (exact) mass is 361 g/mol. The van der Waals surface area contributed by atoms with Gasteiger partial charge in [-0.05, 0) is 40.9 Å². The van der Waals surface area contributed by atoms with Crippen LogP contribution in [0, 0.1) is 0 Å². The maximum Gasteiger partial charge on any atom is 0.150 e. The van der Waals surface area contributed by atoms with E-state index >= 15 is 0 Å². The quantitative estimate of drug-likeness (QED) is 0.489. The molecule has 0 amide bonds. The normalized spacial score (nSPS) is 10.8. The maximum absolute atomic E-state index is 5.85. The minimum absolute atomic E-state index is 0.582. The summed E-state index contributed by atoms with van der Waals surface area (Å²) >= 11 is 1.49. The molecule has 2 aromatic heterocycles. The Balaban J connectivity index is 1.40. The van der Waals surface area contributed by atoms with Crippen molar-refractivity contribution in [3.05, 3.63) is 84.2 Å². The van der Waals surface area contributed by atoms with Crippen molar-refractivity contribution in [3.8, 4) is 5.75 Å². The van der Waals surface area contributed by atoms with E-state index in [-0.39, 0.29) is 0 Å². The van der Waals surface area contributed by atoms with Crippen molar-refractivity contribution >= 4 is 27.4 Å². The lowest BCUT2D eigenvalue weighted by Gasteiger charge is -2.17. The molecule has 0 radical (unpaired) electrons. The van der Waals surface area contributed by atoms with Gasteiger partial charge in [-0.15, -0.1) is 0 Å². The van der Waals surface area contributed by atoms with Crippen LogP contribution in [0.4, 0.5) is 5.82 Å². The van der Waals surface area contributed by atoms with E-state index in [4.69, 9.17) is 4.74 Å². The third kappa shape index (κ3) is 3.68. The second-order valence-electron chi connectivity index (χ2n) is 6.15. The molecular weight excluding hydrogens is 342 g/mol. The van der Waals surface area contributed by atoms with Crippen LogP contribution < -0.4 is 9.64 Å². The molecule has 0 unspecified atom stereocenters. The molecule has 26 heavy (non-hydrogen) atoms. The molecule has 0 atom stereocenters. The highest BCUT2D eigenvalue weighted by molar-refractivity contribution is 7.13. The number of hydrogen-bond acceptors (Lipinski definition) is 5. The molecule has 0 aliphatic rings. The smallest absolute Gasteiger partial charge is 0.150 e. The number of rotatable bonds is 6. The first-order chi connectivity index (χ1) is 12.8. The first kappa shape index (κ1) is 16.5. The second kappa shape index (κ2) is 7.54. The van der Waals surface area contributed by atoms with Gasteiger partial charge in [0.2, 0.25) is 0 Å². The molecule has 2 heterocycles. The molecule has 0 bridgehead atoms. The second-order valence-corrected chi connectivity index (χ2v) is 6.96. The van der Waals surface area contributed by atoms with Crippen LogP contribution in [-0.4, -0.2) is 16.4 Å². The van der Waals surface area contributed by atoms with Crippen LogP contribution in [0.25, 0.3) is 10.1 Å². The Bertz CT molecular complexity index is 983. The SMILES string of the molecule is CN(Cc1ccc(OCc2ccccc2)cc1)c1nsc2cnccc12. The first-order valence-electron chi connectivity index (χ1n) is 8.46. The minimum atomic E-state index is 0.582. The Morgan fingerprint density at radius 2 is 1.77 bits per heavy atom. The first-order valence-corrected chi connectivity index (χ1v) is 9.23. The molecule has 0 N–H and O–H groups in total. The third-order valence-electron chi connectivity index (χ3n) is 4.21. The zero-order chi connectivity index (χ0) is 17.8. The van der Waals surface area contributed by atoms with Crippen molar-refractivity contribution in [3.63, 3.8) is 0 Å². The highest BCUT2D eigenvalue weighted by Crippen LogP contribution is 2.28. The van der Waals surface area contributed by atoms with Crippen LogP contribution in [0.1, 0.15) is 11.1 Å². The Morgan fingerprint density at radius 3 is 2.58 bits per heavy atom. The molecule has 0 spiro atoms. The molecule has 4 aromatic rings. The summed E-state index contributed by atoms with van der Waals surface area (Å²) in [5.41, 5.74) is 2.39. The summed E-state index contributed by atoms with van der Waals surface area (Å²) in [6, 6.07) is 20.5. The van der Waals surface area contributed by atoms with Crippen molar-refractivity contribution in [2.75, 3.05) is 11.9 Å². The van der Waals surface area contributed by atoms with Crippen molar-refractivity contribution in [2.45, 2.75) is 13.2 Å². The van der Waals surface area contributed by atoms with E-state index < -0.39 is 0 Å². The van der Waals surface area contributed by atoms with E-state index in [9.17, 15) is 0 Å². The number of nitrogens with zero attached hydrogens (tertiary/aromatic N) is 3. The lowest BCUT2D eigenvalue weighted by Crippen LogP contribution is -2.16. The van der Waals surface area contributed by atoms with Gasteiger partial charge in [-0.2, -0.15) is 4.37 Å². The molecule has 0 aliphatic heterocycles. The van der Waals surface area contributed by atoms with Crippen molar-refractivity contribution < 1.29 is 4.74 Å². The van der Waals surface area contributed by atoms with Crippen LogP contribution in [0.15, 0.2) is 73.1 Å². The molecule has 5 heteroatoms. The van der Waals surface area contributed by atoms with Crippen LogP contribution in [0.3, 0.4) is 0 Å². The standard InChI is InChI=1S/C21H19N3OS/c1-24(21-19-11-12-22-13-20(19)26-23-21)14-16-7-9-18(10-8-16)25-15-17-5-3-2-4-6-17/h2-13H,14-15H2,1H3. The lowest BCUT2D eigenvalue weighted by molar-refractivity contribution is 0.306. The third-order valence-corrected chi connectivity index (χ3v) is 5.00. The fourth-order valence-electron chi connectivity index (χ4n) is 2.84. The highest BCUT2D eigenvalue weighted by atomic mass is 32.1. The number of anilines is 1. The van der Waals surface area contributed by atoms with Gasteiger partial charge in [0, 0.05) is 31.4 Å². The van der Waals surface area contributed by atoms with E-state index in [2.05, 4.69) is 45.6 Å². The van der Waals surface area contributed by atoms with Gasteiger partial charge in [-0.3, -0.25) is 4.98 Å². The topological polar surface area (TPSA) is 38.2 Å². The molecule has 2 aromatic carbocycles. The molecule has 4 nitrogen and oxygen atoms in total. The van der Waals surface area contributed by atoms with Gasteiger partial charge in [-0.1, -0.05) is 42.5 Å². The van der Waals surface area contributed by atoms with E-state index in [1.165, 1.54) is 22.7 Å². The average molecular weight is 361 g/mol. The van der Waals surface area contributed by atoms with Gasteiger partial charge in [0.1, 0.15) is 18.2 Å². The lowest BCUT2D eigenvalue weighted by atomic mass is 10.2. The Hall–Kier alpha value is -2.92. The molecule has 0 saturated carbocycles. The zero-order valence-electron chi connectivity index (χ0n) is 14.5. The van der Waals surface area contributed by atoms with E-state index in [0.29, 0.717) is 6.61 Å². The average Bonchev–Trinajstić information content (AvgIpc) is 3.12. The summed E-state index contributed by atoms with van der Waals surface area (Å²) in [5.74, 6) is 1.88. The van der Waals surface area contributed by atoms with Gasteiger partial charge in [-0.25, -0.2) is 0 Å². The summed E-state index contributed by atoms with van der Waals surface area (Å²) in [4.78, 5) is 6.32. The fraction of sp³-hybridized carbons (Fsp3) is 0.143. The van der Waals surface area contributed by atoms with Gasteiger partial charge >= 0.3 is 0 Å². The van der Waals surface area contributed by atoms with Crippen molar-refractivity contribution in [2.24, 2.45) is 0 Å². The number of fused-ring (bicyclic) bond motifs is 1. The zero-order valence-corrected chi connectivity index (χ0v) is 15.3. The van der Waals surface area contributed by atoms with Gasteiger partial charge in [0.15, 0.2) is 0 Å². The van der Waals surface area contributed by atoms with Crippen LogP contribution in [-0.2, 0) is 13.2 Å². The maximum atomic E-state index is 5.85. The van der Waals surface area contributed by atoms with Gasteiger partial charge in [0.05, 0.1) is 4.70 Å². The van der Waals surface area contributed by atoms with Crippen LogP contribution in [0.2, 0.25) is 0 Å². The van der Waals surface area contributed by atoms with Crippen LogP contribution >= 0.6 is 11.5 Å². The van der Waals surface area contributed by atoms with E-state index in [1.54, 1.807) is 0 Å². The van der Waals surface area contributed by atoms with Crippen LogP contribution in [0.5, 0.6) is 5.75 Å². The summed E-state index contributed by atoms with van der Waals surface area (Å²) < 4.78 is 11.5. The van der Waals surface area contributed by atoms with E-state index in [1.807, 2.05) is 48.8 Å². The summed E-state index contributed by atoms with van der Waals surface area (Å²) in [6.07, 6.45) is 3.68. The molecular formula is C21H19N3OS. The highest BCUT2D eigenvalue weighted by Gasteiger charge is 2.11. The van der Waals surface area contributed by atoms with Crippen molar-refractivity contribution in [1.82, 2.24) is 9.36 Å². The molecule has 0 aliphatic carbocycles. The Kier molecular flexibility index (Phi) is 4.80. The number of ether oxygens (including phenoxy) is 1. The summed E-state index contributed by atoms with van der Waals surface area (Å²) in [6.45, 7) is 1.37. The molecule has 4 rings (SSSR count). The minimum Gasteiger partial charge on any atom is -0.489 e. The van der Waals surface area contributed by atoms with Gasteiger partial charge < -0.3 is 9.64 Å². The fourth-order valence-corrected chi connectivity index (χ4v) is 3.62. The molecule has 0 fully saturated rings. The number of hydrogen-bond donors (Lipinski definition) is 0. The predicted molar refractivity (Wildman–Crippen MR) is 107 cm³/mol. The predicted octanol–water partition coefficient (Wildman–Crippen LogP) is 4.91. The number of aromatic nitrogens is 2. The largest absolute Gasteiger partial charge is 0.489 e. The Morgan fingerprint density at radius 1 is 0.962 bits per heavy atom. The Labute approximate surface area is 156 Å².